The molecule has 2 aromatic rings. The van der Waals surface area contributed by atoms with E-state index in [1.165, 1.54) is 27.3 Å². The van der Waals surface area contributed by atoms with Crippen LogP contribution in [-0.4, -0.2) is 0 Å². The number of hydrogen-bond acceptors (Lipinski definition) is 2. The molecule has 1 nitrogen and oxygen atoms in total. The molecule has 0 amide bonds. The van der Waals surface area contributed by atoms with Crippen molar-refractivity contribution in [3.63, 3.8) is 0 Å². The van der Waals surface area contributed by atoms with Gasteiger partial charge in [-0.3, -0.25) is 0 Å². The maximum atomic E-state index is 6.11. The van der Waals surface area contributed by atoms with E-state index in [1.807, 2.05) is 0 Å². The van der Waals surface area contributed by atoms with Crippen molar-refractivity contribution in [3.05, 3.63) is 48.6 Å². The zero-order chi connectivity index (χ0) is 13.6. The Balaban J connectivity index is 1.91. The molecule has 100 valence electrons. The van der Waals surface area contributed by atoms with Gasteiger partial charge in [0.05, 0.1) is 10.4 Å². The molecule has 1 atom stereocenters. The van der Waals surface area contributed by atoms with E-state index >= 15 is 0 Å². The summed E-state index contributed by atoms with van der Waals surface area (Å²) >= 11 is 11.4. The molecule has 0 radical (unpaired) electrons. The summed E-state index contributed by atoms with van der Waals surface area (Å²) in [6, 6.07) is 6.84. The summed E-state index contributed by atoms with van der Waals surface area (Å²) in [4.78, 5) is 1.44. The van der Waals surface area contributed by atoms with Crippen molar-refractivity contribution >= 4 is 44.6 Å². The standard InChI is InChI=1S/C15H15BrClNS/c1-8-5-10(16)6-9(2)15(8)18-12-3-4-13-11(12)7-14(17)19-13/h5-7,12,18H,3-4H2,1-2H3. The molecule has 1 aliphatic rings. The van der Waals surface area contributed by atoms with E-state index in [2.05, 4.69) is 53.3 Å². The second-order valence-corrected chi connectivity index (χ2v) is 7.76. The number of fused-ring (bicyclic) bond motifs is 1. The molecule has 19 heavy (non-hydrogen) atoms. The van der Waals surface area contributed by atoms with Crippen molar-refractivity contribution in [2.24, 2.45) is 0 Å². The van der Waals surface area contributed by atoms with Crippen molar-refractivity contribution in [1.29, 1.82) is 0 Å². The Bertz CT molecular complexity index is 612. The second-order valence-electron chi connectivity index (χ2n) is 5.08. The molecule has 0 aliphatic heterocycles. The van der Waals surface area contributed by atoms with Gasteiger partial charge in [0.1, 0.15) is 0 Å². The van der Waals surface area contributed by atoms with Gasteiger partial charge in [0.2, 0.25) is 0 Å². The number of anilines is 1. The molecule has 0 saturated heterocycles. The summed E-state index contributed by atoms with van der Waals surface area (Å²) in [6.07, 6.45) is 2.30. The smallest absolute Gasteiger partial charge is 0.0934 e. The van der Waals surface area contributed by atoms with Gasteiger partial charge in [0.25, 0.3) is 0 Å². The zero-order valence-corrected chi connectivity index (χ0v) is 14.0. The molecule has 1 N–H and O–H groups in total. The van der Waals surface area contributed by atoms with E-state index in [9.17, 15) is 0 Å². The quantitative estimate of drug-likeness (QED) is 0.708. The highest BCUT2D eigenvalue weighted by molar-refractivity contribution is 9.10. The fourth-order valence-corrected chi connectivity index (χ4v) is 4.84. The van der Waals surface area contributed by atoms with Gasteiger partial charge in [-0.25, -0.2) is 0 Å². The minimum absolute atomic E-state index is 0.400. The van der Waals surface area contributed by atoms with Crippen molar-refractivity contribution in [2.75, 3.05) is 5.32 Å². The van der Waals surface area contributed by atoms with E-state index in [1.54, 1.807) is 11.3 Å². The van der Waals surface area contributed by atoms with Gasteiger partial charge in [-0.1, -0.05) is 27.5 Å². The Labute approximate surface area is 131 Å². The van der Waals surface area contributed by atoms with Gasteiger partial charge in [0.15, 0.2) is 0 Å². The van der Waals surface area contributed by atoms with Gasteiger partial charge < -0.3 is 5.32 Å². The molecule has 1 aromatic heterocycles. The Morgan fingerprint density at radius 1 is 1.26 bits per heavy atom. The van der Waals surface area contributed by atoms with Crippen LogP contribution in [0.2, 0.25) is 4.34 Å². The summed E-state index contributed by atoms with van der Waals surface area (Å²) in [7, 11) is 0. The Morgan fingerprint density at radius 3 is 2.63 bits per heavy atom. The molecule has 1 heterocycles. The lowest BCUT2D eigenvalue weighted by Crippen LogP contribution is -2.09. The van der Waals surface area contributed by atoms with E-state index in [4.69, 9.17) is 11.6 Å². The lowest BCUT2D eigenvalue weighted by atomic mass is 10.1. The number of halogens is 2. The highest BCUT2D eigenvalue weighted by atomic mass is 79.9. The highest BCUT2D eigenvalue weighted by Gasteiger charge is 2.25. The minimum atomic E-state index is 0.400. The van der Waals surface area contributed by atoms with Crippen LogP contribution in [-0.2, 0) is 6.42 Å². The van der Waals surface area contributed by atoms with Gasteiger partial charge in [-0.15, -0.1) is 11.3 Å². The monoisotopic (exact) mass is 355 g/mol. The lowest BCUT2D eigenvalue weighted by molar-refractivity contribution is 0.760. The summed E-state index contributed by atoms with van der Waals surface area (Å²) < 4.78 is 2.04. The predicted octanol–water partition coefficient (Wildman–Crippen LogP) is 5.88. The molecule has 1 aromatic carbocycles. The average Bonchev–Trinajstić information content (AvgIpc) is 2.83. The number of hydrogen-bond donors (Lipinski definition) is 1. The SMILES string of the molecule is Cc1cc(Br)cc(C)c1NC1CCc2sc(Cl)cc21. The normalized spacial score (nSPS) is 17.6. The molecular weight excluding hydrogens is 342 g/mol. The molecule has 1 aliphatic carbocycles. The zero-order valence-electron chi connectivity index (χ0n) is 10.9. The van der Waals surface area contributed by atoms with Crippen LogP contribution in [0.4, 0.5) is 5.69 Å². The van der Waals surface area contributed by atoms with Crippen molar-refractivity contribution < 1.29 is 0 Å². The van der Waals surface area contributed by atoms with Crippen molar-refractivity contribution in [2.45, 2.75) is 32.7 Å². The predicted molar refractivity (Wildman–Crippen MR) is 87.6 cm³/mol. The van der Waals surface area contributed by atoms with Crippen LogP contribution in [0.3, 0.4) is 0 Å². The number of aryl methyl sites for hydroxylation is 3. The summed E-state index contributed by atoms with van der Waals surface area (Å²) in [6.45, 7) is 4.30. The molecule has 3 rings (SSSR count). The summed E-state index contributed by atoms with van der Waals surface area (Å²) in [5, 5.41) is 3.70. The first-order valence-corrected chi connectivity index (χ1v) is 8.34. The highest BCUT2D eigenvalue weighted by Crippen LogP contribution is 2.41. The van der Waals surface area contributed by atoms with Crippen LogP contribution in [0.15, 0.2) is 22.7 Å². The third kappa shape index (κ3) is 2.56. The molecule has 1 unspecified atom stereocenters. The number of benzene rings is 1. The fraction of sp³-hybridized carbons (Fsp3) is 0.333. The first-order valence-electron chi connectivity index (χ1n) is 6.36. The van der Waals surface area contributed by atoms with Crippen molar-refractivity contribution in [1.82, 2.24) is 0 Å². The molecular formula is C15H15BrClNS. The van der Waals surface area contributed by atoms with Crippen LogP contribution in [0.1, 0.15) is 34.0 Å². The lowest BCUT2D eigenvalue weighted by Gasteiger charge is -2.19. The third-order valence-corrected chi connectivity index (χ3v) is 5.46. The molecule has 0 fully saturated rings. The van der Waals surface area contributed by atoms with Crippen LogP contribution in [0, 0.1) is 13.8 Å². The number of thiophene rings is 1. The minimum Gasteiger partial charge on any atom is -0.378 e. The van der Waals surface area contributed by atoms with Crippen LogP contribution >= 0.6 is 38.9 Å². The Morgan fingerprint density at radius 2 is 1.95 bits per heavy atom. The summed E-state index contributed by atoms with van der Waals surface area (Å²) in [5.41, 5.74) is 5.20. The van der Waals surface area contributed by atoms with E-state index in [0.29, 0.717) is 6.04 Å². The van der Waals surface area contributed by atoms with Gasteiger partial charge in [0, 0.05) is 15.0 Å². The van der Waals surface area contributed by atoms with E-state index in [-0.39, 0.29) is 0 Å². The van der Waals surface area contributed by atoms with E-state index in [0.717, 1.165) is 21.7 Å². The third-order valence-electron chi connectivity index (χ3n) is 3.66. The molecule has 0 saturated carbocycles. The van der Waals surface area contributed by atoms with Crippen LogP contribution in [0.5, 0.6) is 0 Å². The Kier molecular flexibility index (Phi) is 3.63. The summed E-state index contributed by atoms with van der Waals surface area (Å²) in [5.74, 6) is 0. The first kappa shape index (κ1) is 13.5. The number of nitrogens with one attached hydrogen (secondary N) is 1. The largest absolute Gasteiger partial charge is 0.378 e. The first-order chi connectivity index (χ1) is 9.04. The molecule has 4 heteroatoms. The average molecular weight is 357 g/mol. The Hall–Kier alpha value is -0.510. The van der Waals surface area contributed by atoms with Gasteiger partial charge >= 0.3 is 0 Å². The van der Waals surface area contributed by atoms with Gasteiger partial charge in [-0.2, -0.15) is 0 Å². The topological polar surface area (TPSA) is 12.0 Å². The van der Waals surface area contributed by atoms with Crippen LogP contribution < -0.4 is 5.32 Å². The maximum Gasteiger partial charge on any atom is 0.0934 e. The maximum absolute atomic E-state index is 6.11. The van der Waals surface area contributed by atoms with Crippen LogP contribution in [0.25, 0.3) is 0 Å². The fourth-order valence-electron chi connectivity index (χ4n) is 2.79. The second kappa shape index (κ2) is 5.12. The van der Waals surface area contributed by atoms with Crippen molar-refractivity contribution in [3.8, 4) is 0 Å². The number of rotatable bonds is 2. The van der Waals surface area contributed by atoms with Gasteiger partial charge in [-0.05, 0) is 61.6 Å². The van der Waals surface area contributed by atoms with E-state index < -0.39 is 0 Å². The molecule has 0 bridgehead atoms. The molecule has 0 spiro atoms.